The molecule has 1 saturated carbocycles. The number of rotatable bonds is 5. The van der Waals surface area contributed by atoms with Crippen molar-refractivity contribution in [3.05, 3.63) is 60.7 Å². The van der Waals surface area contributed by atoms with Crippen LogP contribution in [0.1, 0.15) is 27.2 Å². The van der Waals surface area contributed by atoms with Gasteiger partial charge in [0.05, 0.1) is 0 Å². The van der Waals surface area contributed by atoms with E-state index in [2.05, 4.69) is 87.4 Å². The van der Waals surface area contributed by atoms with Gasteiger partial charge >= 0.3 is 0 Å². The summed E-state index contributed by atoms with van der Waals surface area (Å²) in [5.41, 5.74) is 0. The zero-order valence-corrected chi connectivity index (χ0v) is 15.8. The summed E-state index contributed by atoms with van der Waals surface area (Å²) in [7, 11) is -2.38. The molecule has 1 aliphatic rings. The van der Waals surface area contributed by atoms with Crippen molar-refractivity contribution in [3.63, 3.8) is 0 Å². The maximum atomic E-state index is 6.87. The molecular formula is C22H26OSi. The Morgan fingerprint density at radius 3 is 1.88 bits per heavy atom. The fourth-order valence-electron chi connectivity index (χ4n) is 3.63. The molecule has 0 bridgehead atoms. The second-order valence-corrected chi connectivity index (χ2v) is 12.0. The average Bonchev–Trinajstić information content (AvgIpc) is 3.35. The molecule has 0 amide bonds. The topological polar surface area (TPSA) is 9.23 Å². The second kappa shape index (κ2) is 6.59. The van der Waals surface area contributed by atoms with Crippen LogP contribution in [0.2, 0.25) is 5.04 Å². The summed E-state index contributed by atoms with van der Waals surface area (Å²) in [6.45, 7) is 7.70. The first-order valence-corrected chi connectivity index (χ1v) is 10.6. The predicted octanol–water partition coefficient (Wildman–Crippen LogP) is 3.83. The summed E-state index contributed by atoms with van der Waals surface area (Å²) in [5, 5.41) is 2.71. The van der Waals surface area contributed by atoms with E-state index in [1.54, 1.807) is 0 Å². The van der Waals surface area contributed by atoms with E-state index in [9.17, 15) is 0 Å². The molecule has 0 radical (unpaired) electrons. The van der Waals surface area contributed by atoms with Gasteiger partial charge in [0.2, 0.25) is 0 Å². The van der Waals surface area contributed by atoms with Crippen molar-refractivity contribution in [2.45, 2.75) is 32.2 Å². The average molecular weight is 335 g/mol. The van der Waals surface area contributed by atoms with Crippen LogP contribution in [0.25, 0.3) is 0 Å². The number of hydrogen-bond donors (Lipinski definition) is 0. The highest BCUT2D eigenvalue weighted by atomic mass is 28.4. The molecule has 0 heterocycles. The Balaban J connectivity index is 2.06. The Bertz CT molecular complexity index is 670. The Hall–Kier alpha value is -1.82. The van der Waals surface area contributed by atoms with Crippen LogP contribution in [0.5, 0.6) is 0 Å². The van der Waals surface area contributed by atoms with Crippen LogP contribution in [0, 0.1) is 24.2 Å². The molecule has 2 aromatic rings. The van der Waals surface area contributed by atoms with Crippen molar-refractivity contribution in [3.8, 4) is 12.3 Å². The fourth-order valence-corrected chi connectivity index (χ4v) is 8.25. The minimum Gasteiger partial charge on any atom is -0.407 e. The van der Waals surface area contributed by atoms with Crippen molar-refractivity contribution < 1.29 is 4.43 Å². The molecule has 2 atom stereocenters. The summed E-state index contributed by atoms with van der Waals surface area (Å²) in [4.78, 5) is 0. The van der Waals surface area contributed by atoms with Gasteiger partial charge in [0.25, 0.3) is 8.32 Å². The van der Waals surface area contributed by atoms with E-state index in [0.717, 1.165) is 13.0 Å². The van der Waals surface area contributed by atoms with Crippen LogP contribution in [0.4, 0.5) is 0 Å². The molecule has 2 aromatic carbocycles. The van der Waals surface area contributed by atoms with Gasteiger partial charge in [-0.15, -0.1) is 12.3 Å². The molecule has 3 rings (SSSR count). The monoisotopic (exact) mass is 334 g/mol. The minimum atomic E-state index is -2.38. The maximum absolute atomic E-state index is 6.87. The van der Waals surface area contributed by atoms with Gasteiger partial charge in [0, 0.05) is 12.5 Å². The van der Waals surface area contributed by atoms with Gasteiger partial charge in [0.1, 0.15) is 0 Å². The van der Waals surface area contributed by atoms with E-state index in [1.807, 2.05) is 0 Å². The lowest BCUT2D eigenvalue weighted by Gasteiger charge is -2.43. The maximum Gasteiger partial charge on any atom is 0.261 e. The molecule has 124 valence electrons. The Morgan fingerprint density at radius 2 is 1.50 bits per heavy atom. The van der Waals surface area contributed by atoms with Crippen molar-refractivity contribution in [2.24, 2.45) is 11.8 Å². The van der Waals surface area contributed by atoms with Gasteiger partial charge < -0.3 is 4.43 Å². The van der Waals surface area contributed by atoms with E-state index >= 15 is 0 Å². The van der Waals surface area contributed by atoms with Gasteiger partial charge in [-0.05, 0) is 27.8 Å². The van der Waals surface area contributed by atoms with Gasteiger partial charge in [-0.25, -0.2) is 0 Å². The van der Waals surface area contributed by atoms with Crippen molar-refractivity contribution in [1.82, 2.24) is 0 Å². The lowest BCUT2D eigenvalue weighted by molar-refractivity contribution is 0.278. The molecule has 0 spiro atoms. The number of benzene rings is 2. The SMILES string of the molecule is C#C[C@@H]1C[C@H]1CO[Si](c1ccccc1)(c1ccccc1)C(C)(C)C. The first kappa shape index (κ1) is 17.0. The van der Waals surface area contributed by atoms with Crippen molar-refractivity contribution >= 4 is 18.7 Å². The second-order valence-electron chi connectivity index (χ2n) is 7.74. The molecule has 0 N–H and O–H groups in total. The molecule has 1 nitrogen and oxygen atoms in total. The van der Waals surface area contributed by atoms with E-state index < -0.39 is 8.32 Å². The standard InChI is InChI=1S/C22H26OSi/c1-5-18-16-19(18)17-23-24(22(2,3)4,20-12-8-6-9-13-20)21-14-10-7-11-15-21/h1,6-15,18-19H,16-17H2,2-4H3/t18-,19+/m1/s1. The van der Waals surface area contributed by atoms with E-state index in [0.29, 0.717) is 11.8 Å². The van der Waals surface area contributed by atoms with Crippen LogP contribution >= 0.6 is 0 Å². The minimum absolute atomic E-state index is 0.0379. The highest BCUT2D eigenvalue weighted by Gasteiger charge is 2.51. The zero-order chi connectivity index (χ0) is 17.2. The molecule has 0 aliphatic heterocycles. The lowest BCUT2D eigenvalue weighted by atomic mass is 10.2. The predicted molar refractivity (Wildman–Crippen MR) is 104 cm³/mol. The highest BCUT2D eigenvalue weighted by molar-refractivity contribution is 6.99. The Morgan fingerprint density at radius 1 is 1.00 bits per heavy atom. The van der Waals surface area contributed by atoms with Crippen LogP contribution in [-0.4, -0.2) is 14.9 Å². The molecule has 24 heavy (non-hydrogen) atoms. The molecule has 0 unspecified atom stereocenters. The summed E-state index contributed by atoms with van der Waals surface area (Å²) in [6, 6.07) is 21.6. The third kappa shape index (κ3) is 3.07. The van der Waals surface area contributed by atoms with Crippen molar-refractivity contribution in [2.75, 3.05) is 6.61 Å². The van der Waals surface area contributed by atoms with Gasteiger partial charge in [-0.1, -0.05) is 81.4 Å². The normalized spacial score (nSPS) is 20.4. The van der Waals surface area contributed by atoms with E-state index in [-0.39, 0.29) is 5.04 Å². The quantitative estimate of drug-likeness (QED) is 0.596. The third-order valence-electron chi connectivity index (χ3n) is 5.07. The Kier molecular flexibility index (Phi) is 4.67. The lowest BCUT2D eigenvalue weighted by Crippen LogP contribution is -2.66. The first-order chi connectivity index (χ1) is 11.5. The van der Waals surface area contributed by atoms with Crippen LogP contribution in [0.15, 0.2) is 60.7 Å². The number of terminal acetylenes is 1. The van der Waals surface area contributed by atoms with Gasteiger partial charge in [-0.2, -0.15) is 0 Å². The largest absolute Gasteiger partial charge is 0.407 e. The molecule has 0 saturated heterocycles. The summed E-state index contributed by atoms with van der Waals surface area (Å²) in [6.07, 6.45) is 6.68. The Labute approximate surface area is 147 Å². The smallest absolute Gasteiger partial charge is 0.261 e. The fraction of sp³-hybridized carbons (Fsp3) is 0.364. The van der Waals surface area contributed by atoms with Crippen LogP contribution in [0.3, 0.4) is 0 Å². The first-order valence-electron chi connectivity index (χ1n) is 8.70. The van der Waals surface area contributed by atoms with Crippen LogP contribution in [-0.2, 0) is 4.43 Å². The summed E-state index contributed by atoms with van der Waals surface area (Å²) in [5.74, 6) is 3.81. The van der Waals surface area contributed by atoms with Crippen LogP contribution < -0.4 is 10.4 Å². The van der Waals surface area contributed by atoms with Gasteiger partial charge in [0.15, 0.2) is 0 Å². The molecule has 2 heteroatoms. The number of hydrogen-bond acceptors (Lipinski definition) is 1. The third-order valence-corrected chi connectivity index (χ3v) is 10.1. The zero-order valence-electron chi connectivity index (χ0n) is 14.8. The van der Waals surface area contributed by atoms with E-state index in [1.165, 1.54) is 10.4 Å². The molecule has 0 aromatic heterocycles. The summed E-state index contributed by atoms with van der Waals surface area (Å²) >= 11 is 0. The molecular weight excluding hydrogens is 308 g/mol. The molecule has 1 fully saturated rings. The summed E-state index contributed by atoms with van der Waals surface area (Å²) < 4.78 is 6.87. The van der Waals surface area contributed by atoms with E-state index in [4.69, 9.17) is 10.8 Å². The van der Waals surface area contributed by atoms with Gasteiger partial charge in [-0.3, -0.25) is 0 Å². The molecule has 1 aliphatic carbocycles. The van der Waals surface area contributed by atoms with Crippen molar-refractivity contribution in [1.29, 1.82) is 0 Å². The highest BCUT2D eigenvalue weighted by Crippen LogP contribution is 2.41.